The lowest BCUT2D eigenvalue weighted by Gasteiger charge is -2.07. The third-order valence-electron chi connectivity index (χ3n) is 2.05. The van der Waals surface area contributed by atoms with Gasteiger partial charge in [0.25, 0.3) is 0 Å². The molecule has 88 valence electrons. The second kappa shape index (κ2) is 4.68. The first-order valence-corrected chi connectivity index (χ1v) is 5.90. The first kappa shape index (κ1) is 11.8. The molecular weight excluding hydrogens is 262 g/mol. The number of carboxylic acids is 1. The predicted octanol–water partition coefficient (Wildman–Crippen LogP) is 2.94. The third-order valence-corrected chi connectivity index (χ3v) is 3.14. The third kappa shape index (κ3) is 2.54. The Morgan fingerprint density at radius 1 is 1.59 bits per heavy atom. The first-order valence-electron chi connectivity index (χ1n) is 4.65. The van der Waals surface area contributed by atoms with Crippen molar-refractivity contribution >= 4 is 40.4 Å². The standard InChI is InChI=1S/C10H8ClN3O2S/c1-5-4-12-10(11)14-8(5)13-6-2-3-17-7(6)9(15)16/h2-4H,1H3,(H,15,16)(H,12,13,14). The molecule has 2 rings (SSSR count). The number of aromatic nitrogens is 2. The van der Waals surface area contributed by atoms with Gasteiger partial charge in [-0.25, -0.2) is 14.8 Å². The van der Waals surface area contributed by atoms with Crippen molar-refractivity contribution in [2.24, 2.45) is 0 Å². The zero-order valence-electron chi connectivity index (χ0n) is 8.77. The smallest absolute Gasteiger partial charge is 0.348 e. The van der Waals surface area contributed by atoms with Gasteiger partial charge in [-0.1, -0.05) is 0 Å². The number of aryl methyl sites for hydroxylation is 1. The van der Waals surface area contributed by atoms with E-state index in [0.29, 0.717) is 11.5 Å². The van der Waals surface area contributed by atoms with E-state index in [-0.39, 0.29) is 10.2 Å². The molecule has 0 bridgehead atoms. The summed E-state index contributed by atoms with van der Waals surface area (Å²) < 4.78 is 0. The van der Waals surface area contributed by atoms with Gasteiger partial charge in [-0.05, 0) is 30.0 Å². The van der Waals surface area contributed by atoms with E-state index >= 15 is 0 Å². The van der Waals surface area contributed by atoms with E-state index in [1.807, 2.05) is 6.92 Å². The summed E-state index contributed by atoms with van der Waals surface area (Å²) in [7, 11) is 0. The van der Waals surface area contributed by atoms with Gasteiger partial charge in [-0.2, -0.15) is 0 Å². The zero-order valence-corrected chi connectivity index (χ0v) is 10.3. The number of aromatic carboxylic acids is 1. The summed E-state index contributed by atoms with van der Waals surface area (Å²) in [4.78, 5) is 19.0. The number of hydrogen-bond donors (Lipinski definition) is 2. The van der Waals surface area contributed by atoms with Crippen LogP contribution in [0, 0.1) is 6.92 Å². The SMILES string of the molecule is Cc1cnc(Cl)nc1Nc1ccsc1C(=O)O. The van der Waals surface area contributed by atoms with Gasteiger partial charge >= 0.3 is 5.97 Å². The summed E-state index contributed by atoms with van der Waals surface area (Å²) in [6.45, 7) is 1.81. The molecule has 0 radical (unpaired) electrons. The van der Waals surface area contributed by atoms with Crippen molar-refractivity contribution in [1.29, 1.82) is 0 Å². The zero-order chi connectivity index (χ0) is 12.4. The van der Waals surface area contributed by atoms with Crippen LogP contribution in [0.3, 0.4) is 0 Å². The number of nitrogens with zero attached hydrogens (tertiary/aromatic N) is 2. The van der Waals surface area contributed by atoms with Crippen molar-refractivity contribution in [3.8, 4) is 0 Å². The van der Waals surface area contributed by atoms with Gasteiger partial charge in [0.2, 0.25) is 5.28 Å². The summed E-state index contributed by atoms with van der Waals surface area (Å²) in [5.74, 6) is -0.466. The summed E-state index contributed by atoms with van der Waals surface area (Å²) >= 11 is 6.83. The molecule has 0 aromatic carbocycles. The maximum absolute atomic E-state index is 10.9. The maximum atomic E-state index is 10.9. The van der Waals surface area contributed by atoms with Crippen LogP contribution in [0.1, 0.15) is 15.2 Å². The lowest BCUT2D eigenvalue weighted by molar-refractivity contribution is 0.0703. The first-order chi connectivity index (χ1) is 8.08. The summed E-state index contributed by atoms with van der Waals surface area (Å²) in [5, 5.41) is 13.7. The average Bonchev–Trinajstić information content (AvgIpc) is 2.71. The Hall–Kier alpha value is -1.66. The number of nitrogens with one attached hydrogen (secondary N) is 1. The van der Waals surface area contributed by atoms with Crippen LogP contribution in [-0.2, 0) is 0 Å². The molecule has 0 aliphatic heterocycles. The minimum absolute atomic E-state index is 0.116. The fraction of sp³-hybridized carbons (Fsp3) is 0.100. The Balaban J connectivity index is 2.34. The monoisotopic (exact) mass is 269 g/mol. The largest absolute Gasteiger partial charge is 0.477 e. The van der Waals surface area contributed by atoms with E-state index in [9.17, 15) is 4.79 Å². The van der Waals surface area contributed by atoms with Crippen molar-refractivity contribution in [2.45, 2.75) is 6.92 Å². The molecule has 0 fully saturated rings. The molecular formula is C10H8ClN3O2S. The normalized spacial score (nSPS) is 10.2. The minimum atomic E-state index is -0.972. The highest BCUT2D eigenvalue weighted by Crippen LogP contribution is 2.26. The molecule has 0 amide bonds. The summed E-state index contributed by atoms with van der Waals surface area (Å²) in [5.41, 5.74) is 1.29. The van der Waals surface area contributed by atoms with Gasteiger partial charge < -0.3 is 10.4 Å². The predicted molar refractivity (Wildman–Crippen MR) is 66.3 cm³/mol. The van der Waals surface area contributed by atoms with Crippen LogP contribution < -0.4 is 5.32 Å². The van der Waals surface area contributed by atoms with Gasteiger partial charge in [0.05, 0.1) is 5.69 Å². The molecule has 5 nitrogen and oxygen atoms in total. The molecule has 2 aromatic rings. The highest BCUT2D eigenvalue weighted by molar-refractivity contribution is 7.12. The number of hydrogen-bond acceptors (Lipinski definition) is 5. The topological polar surface area (TPSA) is 75.1 Å². The van der Waals surface area contributed by atoms with E-state index in [1.165, 1.54) is 0 Å². The molecule has 2 aromatic heterocycles. The number of halogens is 1. The minimum Gasteiger partial charge on any atom is -0.477 e. The highest BCUT2D eigenvalue weighted by Gasteiger charge is 2.13. The molecule has 17 heavy (non-hydrogen) atoms. The molecule has 2 heterocycles. The summed E-state index contributed by atoms with van der Waals surface area (Å²) in [6, 6.07) is 1.68. The van der Waals surface area contributed by atoms with Crippen LogP contribution in [0.15, 0.2) is 17.6 Å². The van der Waals surface area contributed by atoms with Crippen molar-refractivity contribution < 1.29 is 9.90 Å². The van der Waals surface area contributed by atoms with Crippen molar-refractivity contribution in [1.82, 2.24) is 9.97 Å². The Bertz CT molecular complexity index is 570. The van der Waals surface area contributed by atoms with Crippen LogP contribution in [0.2, 0.25) is 5.28 Å². The average molecular weight is 270 g/mol. The van der Waals surface area contributed by atoms with E-state index in [1.54, 1.807) is 17.6 Å². The lowest BCUT2D eigenvalue weighted by Crippen LogP contribution is -2.02. The molecule has 0 aliphatic rings. The maximum Gasteiger partial charge on any atom is 0.348 e. The van der Waals surface area contributed by atoms with E-state index in [0.717, 1.165) is 16.9 Å². The molecule has 0 atom stereocenters. The number of thiophene rings is 1. The fourth-order valence-corrected chi connectivity index (χ4v) is 2.07. The van der Waals surface area contributed by atoms with Crippen molar-refractivity contribution in [2.75, 3.05) is 5.32 Å². The number of carbonyl (C=O) groups is 1. The Labute approximate surface area is 106 Å². The number of carboxylic acid groups (broad SMARTS) is 1. The quantitative estimate of drug-likeness (QED) is 0.838. The molecule has 0 saturated carbocycles. The van der Waals surface area contributed by atoms with E-state index < -0.39 is 5.97 Å². The summed E-state index contributed by atoms with van der Waals surface area (Å²) in [6.07, 6.45) is 1.57. The Morgan fingerprint density at radius 3 is 3.06 bits per heavy atom. The van der Waals surface area contributed by atoms with Crippen LogP contribution in [0.25, 0.3) is 0 Å². The van der Waals surface area contributed by atoms with Crippen LogP contribution >= 0.6 is 22.9 Å². The van der Waals surface area contributed by atoms with Gasteiger partial charge in [0.1, 0.15) is 10.7 Å². The molecule has 0 spiro atoms. The lowest BCUT2D eigenvalue weighted by atomic mass is 10.3. The van der Waals surface area contributed by atoms with E-state index in [2.05, 4.69) is 15.3 Å². The van der Waals surface area contributed by atoms with Crippen LogP contribution in [-0.4, -0.2) is 21.0 Å². The van der Waals surface area contributed by atoms with Crippen molar-refractivity contribution in [3.05, 3.63) is 33.4 Å². The van der Waals surface area contributed by atoms with Crippen LogP contribution in [0.4, 0.5) is 11.5 Å². The van der Waals surface area contributed by atoms with Gasteiger partial charge in [0, 0.05) is 11.8 Å². The van der Waals surface area contributed by atoms with Crippen molar-refractivity contribution in [3.63, 3.8) is 0 Å². The molecule has 7 heteroatoms. The fourth-order valence-electron chi connectivity index (χ4n) is 1.25. The van der Waals surface area contributed by atoms with E-state index in [4.69, 9.17) is 16.7 Å². The van der Waals surface area contributed by atoms with Gasteiger partial charge in [0.15, 0.2) is 0 Å². The second-order valence-corrected chi connectivity index (χ2v) is 4.52. The molecule has 0 saturated heterocycles. The second-order valence-electron chi connectivity index (χ2n) is 3.26. The molecule has 2 N–H and O–H groups in total. The Kier molecular flexibility index (Phi) is 3.26. The number of rotatable bonds is 3. The highest BCUT2D eigenvalue weighted by atomic mass is 35.5. The van der Waals surface area contributed by atoms with Gasteiger partial charge in [-0.15, -0.1) is 11.3 Å². The molecule has 0 unspecified atom stereocenters. The Morgan fingerprint density at radius 2 is 2.35 bits per heavy atom. The number of anilines is 2. The van der Waals surface area contributed by atoms with Crippen LogP contribution in [0.5, 0.6) is 0 Å². The van der Waals surface area contributed by atoms with Gasteiger partial charge in [-0.3, -0.25) is 0 Å². The molecule has 0 aliphatic carbocycles.